The molecule has 0 bridgehead atoms. The lowest BCUT2D eigenvalue weighted by Crippen LogP contribution is -2.45. The van der Waals surface area contributed by atoms with Crippen molar-refractivity contribution in [3.8, 4) is 0 Å². The van der Waals surface area contributed by atoms with Gasteiger partial charge in [0.15, 0.2) is 0 Å². The van der Waals surface area contributed by atoms with Crippen LogP contribution >= 0.6 is 0 Å². The van der Waals surface area contributed by atoms with E-state index in [1.165, 1.54) is 225 Å². The maximum absolute atomic E-state index is 12.4. The molecule has 54 heavy (non-hydrogen) atoms. The first-order valence-electron chi connectivity index (χ1n) is 24.6. The van der Waals surface area contributed by atoms with Crippen molar-refractivity contribution in [1.29, 1.82) is 0 Å². The van der Waals surface area contributed by atoms with Gasteiger partial charge in [-0.15, -0.1) is 0 Å². The summed E-state index contributed by atoms with van der Waals surface area (Å²) in [6.45, 7) is 4.33. The van der Waals surface area contributed by atoms with Gasteiger partial charge >= 0.3 is 0 Å². The normalized spacial score (nSPS) is 13.0. The Balaban J connectivity index is 3.51. The van der Waals surface area contributed by atoms with Gasteiger partial charge in [0.05, 0.1) is 18.8 Å². The second-order valence-electron chi connectivity index (χ2n) is 16.9. The van der Waals surface area contributed by atoms with Crippen molar-refractivity contribution >= 4 is 5.91 Å². The van der Waals surface area contributed by atoms with Crippen LogP contribution in [0.2, 0.25) is 0 Å². The van der Waals surface area contributed by atoms with Crippen LogP contribution in [-0.4, -0.2) is 34.9 Å². The Kier molecular flexibility index (Phi) is 45.3. The maximum atomic E-state index is 12.4. The Morgan fingerprint density at radius 1 is 0.426 bits per heavy atom. The van der Waals surface area contributed by atoms with E-state index < -0.39 is 12.1 Å². The van der Waals surface area contributed by atoms with Gasteiger partial charge in [-0.1, -0.05) is 244 Å². The Labute approximate surface area is 339 Å². The fourth-order valence-corrected chi connectivity index (χ4v) is 7.65. The number of hydrogen-bond donors (Lipinski definition) is 3. The minimum atomic E-state index is -0.838. The van der Waals surface area contributed by atoms with E-state index in [1.54, 1.807) is 6.08 Å². The van der Waals surface area contributed by atoms with Crippen molar-refractivity contribution in [3.05, 3.63) is 24.3 Å². The molecule has 320 valence electrons. The minimum Gasteiger partial charge on any atom is -0.394 e. The molecule has 0 spiro atoms. The summed E-state index contributed by atoms with van der Waals surface area (Å²) in [5.74, 6) is -0.0631. The van der Waals surface area contributed by atoms with Crippen molar-refractivity contribution < 1.29 is 15.0 Å². The van der Waals surface area contributed by atoms with Crippen LogP contribution in [0, 0.1) is 0 Å². The molecule has 0 aromatic heterocycles. The molecule has 2 unspecified atom stereocenters. The summed E-state index contributed by atoms with van der Waals surface area (Å²) < 4.78 is 0. The lowest BCUT2D eigenvalue weighted by atomic mass is 10.0. The zero-order valence-corrected chi connectivity index (χ0v) is 36.8. The minimum absolute atomic E-state index is 0.0631. The van der Waals surface area contributed by atoms with Crippen LogP contribution in [0.4, 0.5) is 0 Å². The van der Waals surface area contributed by atoms with Gasteiger partial charge in [0.25, 0.3) is 0 Å². The van der Waals surface area contributed by atoms with Gasteiger partial charge in [0, 0.05) is 6.42 Å². The SMILES string of the molecule is CCCCCCCC/C=C\CCCCCCCCCCCC(=O)NC(CO)C(O)/C=C/CCCCCCCCCCCCCCCCCCCCCCC. The number of unbranched alkanes of at least 4 members (excludes halogenated alkanes) is 36. The van der Waals surface area contributed by atoms with Crippen molar-refractivity contribution in [2.24, 2.45) is 0 Å². The summed E-state index contributed by atoms with van der Waals surface area (Å²) in [5, 5.41) is 23.1. The highest BCUT2D eigenvalue weighted by molar-refractivity contribution is 5.76. The Bertz CT molecular complexity index is 780. The molecule has 0 saturated carbocycles. The first kappa shape index (κ1) is 52.9. The molecular formula is C50H97NO3. The van der Waals surface area contributed by atoms with E-state index in [9.17, 15) is 15.0 Å². The molecule has 2 atom stereocenters. The largest absolute Gasteiger partial charge is 0.394 e. The van der Waals surface area contributed by atoms with Crippen LogP contribution in [0.25, 0.3) is 0 Å². The summed E-state index contributed by atoms with van der Waals surface area (Å²) >= 11 is 0. The number of aliphatic hydroxyl groups is 2. The van der Waals surface area contributed by atoms with Crippen molar-refractivity contribution in [2.75, 3.05) is 6.61 Å². The van der Waals surface area contributed by atoms with Crippen LogP contribution in [0.15, 0.2) is 24.3 Å². The molecule has 1 amide bonds. The fraction of sp³-hybridized carbons (Fsp3) is 0.900. The lowest BCUT2D eigenvalue weighted by Gasteiger charge is -2.20. The molecule has 4 nitrogen and oxygen atoms in total. The maximum Gasteiger partial charge on any atom is 0.220 e. The Morgan fingerprint density at radius 2 is 0.704 bits per heavy atom. The topological polar surface area (TPSA) is 69.6 Å². The van der Waals surface area contributed by atoms with Gasteiger partial charge in [-0.2, -0.15) is 0 Å². The molecule has 0 aliphatic heterocycles. The van der Waals surface area contributed by atoms with Crippen molar-refractivity contribution in [2.45, 2.75) is 283 Å². The predicted molar refractivity (Wildman–Crippen MR) is 239 cm³/mol. The molecular weight excluding hydrogens is 663 g/mol. The second-order valence-corrected chi connectivity index (χ2v) is 16.9. The molecule has 0 aromatic carbocycles. The molecule has 3 N–H and O–H groups in total. The van der Waals surface area contributed by atoms with Gasteiger partial charge in [-0.05, 0) is 44.9 Å². The molecule has 4 heteroatoms. The molecule has 0 aliphatic carbocycles. The zero-order chi connectivity index (χ0) is 39.3. The van der Waals surface area contributed by atoms with Gasteiger partial charge < -0.3 is 15.5 Å². The number of aliphatic hydroxyl groups excluding tert-OH is 2. The van der Waals surface area contributed by atoms with Crippen LogP contribution < -0.4 is 5.32 Å². The third kappa shape index (κ3) is 42.0. The molecule has 0 heterocycles. The average Bonchev–Trinajstić information content (AvgIpc) is 3.18. The van der Waals surface area contributed by atoms with Crippen LogP contribution in [0.5, 0.6) is 0 Å². The average molecular weight is 760 g/mol. The van der Waals surface area contributed by atoms with E-state index in [0.717, 1.165) is 25.7 Å². The zero-order valence-electron chi connectivity index (χ0n) is 36.8. The first-order chi connectivity index (χ1) is 26.7. The highest BCUT2D eigenvalue weighted by Gasteiger charge is 2.18. The molecule has 0 saturated heterocycles. The van der Waals surface area contributed by atoms with E-state index in [1.807, 2.05) is 6.08 Å². The van der Waals surface area contributed by atoms with E-state index in [-0.39, 0.29) is 12.5 Å². The molecule has 0 aliphatic rings. The summed E-state index contributed by atoms with van der Waals surface area (Å²) in [6.07, 6.45) is 60.2. The fourth-order valence-electron chi connectivity index (χ4n) is 7.65. The monoisotopic (exact) mass is 760 g/mol. The summed E-state index contributed by atoms with van der Waals surface area (Å²) in [7, 11) is 0. The molecule has 0 radical (unpaired) electrons. The number of allylic oxidation sites excluding steroid dienone is 3. The number of carbonyl (C=O) groups is 1. The van der Waals surface area contributed by atoms with E-state index in [0.29, 0.717) is 6.42 Å². The smallest absolute Gasteiger partial charge is 0.220 e. The number of carbonyl (C=O) groups excluding carboxylic acids is 1. The van der Waals surface area contributed by atoms with Gasteiger partial charge in [0.2, 0.25) is 5.91 Å². The summed E-state index contributed by atoms with van der Waals surface area (Å²) in [4.78, 5) is 12.4. The van der Waals surface area contributed by atoms with Gasteiger partial charge in [-0.25, -0.2) is 0 Å². The number of hydrogen-bond acceptors (Lipinski definition) is 3. The van der Waals surface area contributed by atoms with E-state index in [4.69, 9.17) is 0 Å². The number of rotatable bonds is 45. The Morgan fingerprint density at radius 3 is 1.02 bits per heavy atom. The third-order valence-electron chi connectivity index (χ3n) is 11.4. The van der Waals surface area contributed by atoms with E-state index >= 15 is 0 Å². The highest BCUT2D eigenvalue weighted by Crippen LogP contribution is 2.16. The molecule has 0 fully saturated rings. The van der Waals surface area contributed by atoms with Crippen LogP contribution in [-0.2, 0) is 4.79 Å². The van der Waals surface area contributed by atoms with Gasteiger partial charge in [-0.3, -0.25) is 4.79 Å². The summed E-state index contributed by atoms with van der Waals surface area (Å²) in [5.41, 5.74) is 0. The summed E-state index contributed by atoms with van der Waals surface area (Å²) in [6, 6.07) is -0.621. The molecule has 0 rings (SSSR count). The van der Waals surface area contributed by atoms with Gasteiger partial charge in [0.1, 0.15) is 0 Å². The number of amides is 1. The quantitative estimate of drug-likeness (QED) is 0.0428. The third-order valence-corrected chi connectivity index (χ3v) is 11.4. The lowest BCUT2D eigenvalue weighted by molar-refractivity contribution is -0.123. The standard InChI is InChI=1S/C50H97NO3/c1-3-5-7-9-11-13-15-17-19-21-23-24-25-26-28-29-31-33-35-37-39-41-43-45-49(53)48(47-52)51-50(54)46-44-42-40-38-36-34-32-30-27-22-20-18-16-14-12-10-8-6-4-2/h18,20,43,45,48-49,52-53H,3-17,19,21-42,44,46-47H2,1-2H3,(H,51,54)/b20-18-,45-43+. The second kappa shape index (κ2) is 46.3. The van der Waals surface area contributed by atoms with Crippen molar-refractivity contribution in [1.82, 2.24) is 5.32 Å². The first-order valence-corrected chi connectivity index (χ1v) is 24.6. The Hall–Kier alpha value is -1.13. The van der Waals surface area contributed by atoms with Crippen LogP contribution in [0.3, 0.4) is 0 Å². The van der Waals surface area contributed by atoms with Crippen LogP contribution in [0.1, 0.15) is 271 Å². The number of nitrogens with one attached hydrogen (secondary N) is 1. The predicted octanol–water partition coefficient (Wildman–Crippen LogP) is 15.6. The van der Waals surface area contributed by atoms with Crippen molar-refractivity contribution in [3.63, 3.8) is 0 Å². The molecule has 0 aromatic rings. The van der Waals surface area contributed by atoms with E-state index in [2.05, 4.69) is 31.3 Å². The highest BCUT2D eigenvalue weighted by atomic mass is 16.3.